The number of anilines is 2. The van der Waals surface area contributed by atoms with Crippen LogP contribution in [0, 0.1) is 0 Å². The number of aromatic nitrogens is 2. The lowest BCUT2D eigenvalue weighted by atomic mass is 10.2. The SMILES string of the molecule is CCNc1ncc(Cl)c(N2CCOC(CC)C2)n1. The van der Waals surface area contributed by atoms with Crippen LogP contribution in [0.25, 0.3) is 0 Å². The van der Waals surface area contributed by atoms with Gasteiger partial charge in [0.2, 0.25) is 5.95 Å². The van der Waals surface area contributed by atoms with Crippen molar-refractivity contribution in [2.45, 2.75) is 26.4 Å². The van der Waals surface area contributed by atoms with E-state index in [-0.39, 0.29) is 6.10 Å². The molecule has 1 atom stereocenters. The monoisotopic (exact) mass is 270 g/mol. The van der Waals surface area contributed by atoms with Gasteiger partial charge in [-0.3, -0.25) is 0 Å². The molecule has 100 valence electrons. The number of nitrogens with one attached hydrogen (secondary N) is 1. The van der Waals surface area contributed by atoms with Gasteiger partial charge in [-0.25, -0.2) is 4.98 Å². The van der Waals surface area contributed by atoms with Gasteiger partial charge in [-0.15, -0.1) is 0 Å². The van der Waals surface area contributed by atoms with Crippen LogP contribution in [-0.2, 0) is 4.74 Å². The molecule has 0 radical (unpaired) electrons. The predicted octanol–water partition coefficient (Wildman–Crippen LogP) is 2.18. The van der Waals surface area contributed by atoms with Crippen molar-refractivity contribution in [3.8, 4) is 0 Å². The summed E-state index contributed by atoms with van der Waals surface area (Å²) in [6, 6.07) is 0. The highest BCUT2D eigenvalue weighted by molar-refractivity contribution is 6.32. The molecule has 1 aliphatic heterocycles. The Morgan fingerprint density at radius 2 is 2.39 bits per heavy atom. The third-order valence-corrected chi connectivity index (χ3v) is 3.22. The molecular weight excluding hydrogens is 252 g/mol. The van der Waals surface area contributed by atoms with Gasteiger partial charge >= 0.3 is 0 Å². The minimum Gasteiger partial charge on any atom is -0.375 e. The molecule has 2 heterocycles. The smallest absolute Gasteiger partial charge is 0.224 e. The molecule has 18 heavy (non-hydrogen) atoms. The molecule has 0 aromatic carbocycles. The normalized spacial score (nSPS) is 19.9. The number of hydrogen-bond acceptors (Lipinski definition) is 5. The van der Waals surface area contributed by atoms with Crippen LogP contribution in [0.5, 0.6) is 0 Å². The van der Waals surface area contributed by atoms with Gasteiger partial charge in [-0.05, 0) is 13.3 Å². The Morgan fingerprint density at radius 1 is 1.56 bits per heavy atom. The molecule has 1 N–H and O–H groups in total. The number of ether oxygens (including phenoxy) is 1. The fourth-order valence-electron chi connectivity index (χ4n) is 1.98. The van der Waals surface area contributed by atoms with Gasteiger partial charge in [-0.1, -0.05) is 18.5 Å². The summed E-state index contributed by atoms with van der Waals surface area (Å²) in [7, 11) is 0. The zero-order valence-electron chi connectivity index (χ0n) is 10.8. The summed E-state index contributed by atoms with van der Waals surface area (Å²) in [6.07, 6.45) is 2.91. The Labute approximate surface area is 113 Å². The van der Waals surface area contributed by atoms with Crippen LogP contribution < -0.4 is 10.2 Å². The van der Waals surface area contributed by atoms with Crippen LogP contribution in [0.4, 0.5) is 11.8 Å². The molecule has 1 aromatic heterocycles. The average molecular weight is 271 g/mol. The second kappa shape index (κ2) is 6.20. The summed E-state index contributed by atoms with van der Waals surface area (Å²) in [5, 5.41) is 3.69. The molecule has 5 nitrogen and oxygen atoms in total. The van der Waals surface area contributed by atoms with Crippen LogP contribution in [0.1, 0.15) is 20.3 Å². The Bertz CT molecular complexity index is 402. The number of halogens is 1. The maximum absolute atomic E-state index is 6.19. The molecule has 1 saturated heterocycles. The third-order valence-electron chi connectivity index (χ3n) is 2.95. The standard InChI is InChI=1S/C12H19ClN4O/c1-3-9-8-17(5-6-18-9)11-10(13)7-15-12(16-11)14-4-2/h7,9H,3-6,8H2,1-2H3,(H,14,15,16). The fraction of sp³-hybridized carbons (Fsp3) is 0.667. The molecular formula is C12H19ClN4O. The van der Waals surface area contributed by atoms with E-state index >= 15 is 0 Å². The second-order valence-corrected chi connectivity index (χ2v) is 4.65. The van der Waals surface area contributed by atoms with Crippen molar-refractivity contribution >= 4 is 23.4 Å². The van der Waals surface area contributed by atoms with Crippen molar-refractivity contribution < 1.29 is 4.74 Å². The largest absolute Gasteiger partial charge is 0.375 e. The van der Waals surface area contributed by atoms with Crippen molar-refractivity contribution in [3.63, 3.8) is 0 Å². The fourth-order valence-corrected chi connectivity index (χ4v) is 2.19. The quantitative estimate of drug-likeness (QED) is 0.909. The summed E-state index contributed by atoms with van der Waals surface area (Å²) in [5.41, 5.74) is 0. The lowest BCUT2D eigenvalue weighted by Crippen LogP contribution is -2.42. The van der Waals surface area contributed by atoms with Crippen LogP contribution >= 0.6 is 11.6 Å². The summed E-state index contributed by atoms with van der Waals surface area (Å²) >= 11 is 6.19. The summed E-state index contributed by atoms with van der Waals surface area (Å²) in [6.45, 7) is 7.30. The van der Waals surface area contributed by atoms with E-state index in [4.69, 9.17) is 16.3 Å². The van der Waals surface area contributed by atoms with Gasteiger partial charge in [0.1, 0.15) is 5.02 Å². The van der Waals surface area contributed by atoms with Crippen molar-refractivity contribution in [2.24, 2.45) is 0 Å². The Morgan fingerprint density at radius 3 is 3.11 bits per heavy atom. The lowest BCUT2D eigenvalue weighted by Gasteiger charge is -2.33. The van der Waals surface area contributed by atoms with E-state index < -0.39 is 0 Å². The van der Waals surface area contributed by atoms with Crippen molar-refractivity contribution in [1.29, 1.82) is 0 Å². The van der Waals surface area contributed by atoms with Gasteiger partial charge < -0.3 is 15.0 Å². The van der Waals surface area contributed by atoms with Gasteiger partial charge in [0.25, 0.3) is 0 Å². The van der Waals surface area contributed by atoms with E-state index in [1.807, 2.05) is 6.92 Å². The Balaban J connectivity index is 2.17. The van der Waals surface area contributed by atoms with Crippen LogP contribution in [0.15, 0.2) is 6.20 Å². The van der Waals surface area contributed by atoms with Crippen molar-refractivity contribution in [3.05, 3.63) is 11.2 Å². The Hall–Kier alpha value is -1.07. The lowest BCUT2D eigenvalue weighted by molar-refractivity contribution is 0.0382. The molecule has 0 bridgehead atoms. The number of rotatable bonds is 4. The summed E-state index contributed by atoms with van der Waals surface area (Å²) in [4.78, 5) is 10.8. The zero-order chi connectivity index (χ0) is 13.0. The molecule has 1 aromatic rings. The van der Waals surface area contributed by atoms with Crippen molar-refractivity contribution in [1.82, 2.24) is 9.97 Å². The van der Waals surface area contributed by atoms with Gasteiger partial charge in [0.15, 0.2) is 5.82 Å². The summed E-state index contributed by atoms with van der Waals surface area (Å²) < 4.78 is 5.65. The molecule has 1 aliphatic rings. The van der Waals surface area contributed by atoms with Crippen LogP contribution in [0.2, 0.25) is 5.02 Å². The first-order valence-corrected chi connectivity index (χ1v) is 6.75. The van der Waals surface area contributed by atoms with E-state index in [9.17, 15) is 0 Å². The van der Waals surface area contributed by atoms with E-state index in [2.05, 4.69) is 27.1 Å². The third kappa shape index (κ3) is 3.03. The maximum Gasteiger partial charge on any atom is 0.224 e. The van der Waals surface area contributed by atoms with Crippen LogP contribution in [0.3, 0.4) is 0 Å². The van der Waals surface area contributed by atoms with Gasteiger partial charge in [0.05, 0.1) is 18.9 Å². The highest BCUT2D eigenvalue weighted by Gasteiger charge is 2.22. The van der Waals surface area contributed by atoms with E-state index in [0.717, 1.165) is 38.5 Å². The van der Waals surface area contributed by atoms with Gasteiger partial charge in [-0.2, -0.15) is 4.98 Å². The minimum absolute atomic E-state index is 0.257. The maximum atomic E-state index is 6.19. The minimum atomic E-state index is 0.257. The molecule has 0 spiro atoms. The van der Waals surface area contributed by atoms with Crippen LogP contribution in [-0.4, -0.2) is 42.3 Å². The predicted molar refractivity (Wildman–Crippen MR) is 73.4 cm³/mol. The number of nitrogens with zero attached hydrogens (tertiary/aromatic N) is 3. The first-order valence-electron chi connectivity index (χ1n) is 6.37. The highest BCUT2D eigenvalue weighted by Crippen LogP contribution is 2.25. The van der Waals surface area contributed by atoms with Gasteiger partial charge in [0, 0.05) is 19.6 Å². The molecule has 1 fully saturated rings. The highest BCUT2D eigenvalue weighted by atomic mass is 35.5. The molecule has 0 saturated carbocycles. The molecule has 0 aliphatic carbocycles. The zero-order valence-corrected chi connectivity index (χ0v) is 11.6. The van der Waals surface area contributed by atoms with E-state index in [1.54, 1.807) is 6.20 Å². The average Bonchev–Trinajstić information content (AvgIpc) is 2.41. The van der Waals surface area contributed by atoms with E-state index in [0.29, 0.717) is 11.0 Å². The second-order valence-electron chi connectivity index (χ2n) is 4.24. The first kappa shape index (κ1) is 13.4. The van der Waals surface area contributed by atoms with Crippen molar-refractivity contribution in [2.75, 3.05) is 36.5 Å². The number of hydrogen-bond donors (Lipinski definition) is 1. The molecule has 0 amide bonds. The Kier molecular flexibility index (Phi) is 4.60. The molecule has 2 rings (SSSR count). The van der Waals surface area contributed by atoms with E-state index in [1.165, 1.54) is 0 Å². The number of morpholine rings is 1. The first-order chi connectivity index (χ1) is 8.74. The topological polar surface area (TPSA) is 50.3 Å². The summed E-state index contributed by atoms with van der Waals surface area (Å²) in [5.74, 6) is 1.42. The molecule has 6 heteroatoms. The molecule has 1 unspecified atom stereocenters.